The van der Waals surface area contributed by atoms with E-state index < -0.39 is 17.2 Å². The molecule has 0 saturated carbocycles. The van der Waals surface area contributed by atoms with Gasteiger partial charge in [-0.1, -0.05) is 54.1 Å². The molecule has 0 spiro atoms. The van der Waals surface area contributed by atoms with E-state index in [1.54, 1.807) is 48.5 Å². The summed E-state index contributed by atoms with van der Waals surface area (Å²) >= 11 is 6.00. The third-order valence-corrected chi connectivity index (χ3v) is 7.03. The third-order valence-electron chi connectivity index (χ3n) is 6.80. The lowest BCUT2D eigenvalue weighted by Gasteiger charge is -2.29. The van der Waals surface area contributed by atoms with Crippen LogP contribution < -0.4 is 16.6 Å². The van der Waals surface area contributed by atoms with Crippen LogP contribution in [0.5, 0.6) is 0 Å². The van der Waals surface area contributed by atoms with Gasteiger partial charge in [-0.25, -0.2) is 4.79 Å². The predicted octanol–water partition coefficient (Wildman–Crippen LogP) is 3.82. The molecule has 0 fully saturated rings. The Bertz CT molecular complexity index is 1640. The Kier molecular flexibility index (Phi) is 7.42. The lowest BCUT2D eigenvalue weighted by atomic mass is 9.99. The number of nitrogens with zero attached hydrogens (tertiary/aromatic N) is 3. The normalized spacial score (nSPS) is 12.8. The number of nitrogens with one attached hydrogen (secondary N) is 1. The van der Waals surface area contributed by atoms with Crippen LogP contribution >= 0.6 is 11.6 Å². The Balaban J connectivity index is 1.32. The second-order valence-corrected chi connectivity index (χ2v) is 9.78. The van der Waals surface area contributed by atoms with Crippen molar-refractivity contribution in [3.63, 3.8) is 0 Å². The number of halogens is 1. The quantitative estimate of drug-likeness (QED) is 0.393. The lowest BCUT2D eigenvalue weighted by Crippen LogP contribution is -2.42. The SMILES string of the molecule is O=C(Cn1c(=O)n(CCCC(=O)N2CCc3ccccc3C2)c(=O)c2ccccc21)Nc1cccc(Cl)c1. The van der Waals surface area contributed by atoms with E-state index in [2.05, 4.69) is 11.4 Å². The van der Waals surface area contributed by atoms with Gasteiger partial charge in [-0.3, -0.25) is 23.5 Å². The predicted molar refractivity (Wildman–Crippen MR) is 147 cm³/mol. The zero-order valence-electron chi connectivity index (χ0n) is 20.7. The summed E-state index contributed by atoms with van der Waals surface area (Å²) in [6, 6.07) is 21.5. The standard InChI is InChI=1S/C29H27ClN4O4/c30-22-9-5-10-23(17-22)31-26(35)19-34-25-12-4-3-11-24(25)28(37)33(29(34)38)15-6-13-27(36)32-16-14-20-7-1-2-8-21(20)18-32/h1-5,7-12,17H,6,13-16,18-19H2,(H,31,35). The zero-order chi connectivity index (χ0) is 26.6. The van der Waals surface area contributed by atoms with Crippen LogP contribution in [0.15, 0.2) is 82.4 Å². The molecule has 4 aromatic rings. The van der Waals surface area contributed by atoms with Crippen molar-refractivity contribution in [2.75, 3.05) is 11.9 Å². The molecule has 0 radical (unpaired) electrons. The van der Waals surface area contributed by atoms with Gasteiger partial charge in [0.1, 0.15) is 6.54 Å². The van der Waals surface area contributed by atoms with Crippen molar-refractivity contribution in [3.05, 3.63) is 110 Å². The number of hydrogen-bond donors (Lipinski definition) is 1. The van der Waals surface area contributed by atoms with Crippen LogP contribution in [-0.2, 0) is 35.6 Å². The number of benzene rings is 3. The molecule has 194 valence electrons. The minimum atomic E-state index is -0.589. The van der Waals surface area contributed by atoms with Crippen molar-refractivity contribution < 1.29 is 9.59 Å². The van der Waals surface area contributed by atoms with Gasteiger partial charge in [0.25, 0.3) is 5.56 Å². The first-order valence-corrected chi connectivity index (χ1v) is 12.9. The Morgan fingerprint density at radius 2 is 1.66 bits per heavy atom. The van der Waals surface area contributed by atoms with Gasteiger partial charge in [0, 0.05) is 36.8 Å². The van der Waals surface area contributed by atoms with Gasteiger partial charge in [0.05, 0.1) is 10.9 Å². The van der Waals surface area contributed by atoms with Gasteiger partial charge in [-0.2, -0.15) is 0 Å². The summed E-state index contributed by atoms with van der Waals surface area (Å²) in [5.74, 6) is -0.431. The number of amides is 2. The van der Waals surface area contributed by atoms with E-state index in [1.165, 1.54) is 10.1 Å². The highest BCUT2D eigenvalue weighted by molar-refractivity contribution is 6.30. The second-order valence-electron chi connectivity index (χ2n) is 9.34. The van der Waals surface area contributed by atoms with Gasteiger partial charge >= 0.3 is 5.69 Å². The van der Waals surface area contributed by atoms with Crippen molar-refractivity contribution in [2.24, 2.45) is 0 Å². The van der Waals surface area contributed by atoms with Gasteiger partial charge in [0.15, 0.2) is 0 Å². The molecule has 38 heavy (non-hydrogen) atoms. The lowest BCUT2D eigenvalue weighted by molar-refractivity contribution is -0.132. The molecule has 8 nitrogen and oxygen atoms in total. The average molecular weight is 531 g/mol. The summed E-state index contributed by atoms with van der Waals surface area (Å²) in [4.78, 5) is 54.1. The van der Waals surface area contributed by atoms with E-state index in [4.69, 9.17) is 11.6 Å². The van der Waals surface area contributed by atoms with Crippen molar-refractivity contribution in [1.29, 1.82) is 0 Å². The molecular formula is C29H27ClN4O4. The fraction of sp³-hybridized carbons (Fsp3) is 0.241. The Hall–Kier alpha value is -4.17. The fourth-order valence-electron chi connectivity index (χ4n) is 4.89. The van der Waals surface area contributed by atoms with Crippen molar-refractivity contribution in [2.45, 2.75) is 38.9 Å². The smallest absolute Gasteiger partial charge is 0.331 e. The van der Waals surface area contributed by atoms with Gasteiger partial charge in [-0.15, -0.1) is 0 Å². The monoisotopic (exact) mass is 530 g/mol. The first-order valence-electron chi connectivity index (χ1n) is 12.5. The molecule has 0 unspecified atom stereocenters. The molecule has 1 aromatic heterocycles. The number of carbonyl (C=O) groups is 2. The molecule has 3 aromatic carbocycles. The summed E-state index contributed by atoms with van der Waals surface area (Å²) in [6.07, 6.45) is 1.36. The fourth-order valence-corrected chi connectivity index (χ4v) is 5.08. The summed E-state index contributed by atoms with van der Waals surface area (Å²) in [5, 5.41) is 3.55. The molecule has 2 heterocycles. The van der Waals surface area contributed by atoms with E-state index >= 15 is 0 Å². The highest BCUT2D eigenvalue weighted by atomic mass is 35.5. The summed E-state index contributed by atoms with van der Waals surface area (Å²) in [6.45, 7) is 1.02. The summed E-state index contributed by atoms with van der Waals surface area (Å²) < 4.78 is 2.41. The molecule has 5 rings (SSSR count). The Labute approximate surface area is 224 Å². The number of aromatic nitrogens is 2. The second kappa shape index (κ2) is 11.1. The maximum absolute atomic E-state index is 13.4. The Morgan fingerprint density at radius 1 is 0.895 bits per heavy atom. The molecule has 9 heteroatoms. The molecule has 1 aliphatic heterocycles. The number of rotatable bonds is 7. The number of para-hydroxylation sites is 1. The largest absolute Gasteiger partial charge is 0.338 e. The van der Waals surface area contributed by atoms with E-state index in [-0.39, 0.29) is 25.4 Å². The van der Waals surface area contributed by atoms with Crippen LogP contribution in [-0.4, -0.2) is 32.4 Å². The molecule has 0 bridgehead atoms. The minimum Gasteiger partial charge on any atom is -0.338 e. The number of fused-ring (bicyclic) bond motifs is 2. The number of hydrogen-bond acceptors (Lipinski definition) is 4. The highest BCUT2D eigenvalue weighted by Gasteiger charge is 2.21. The van der Waals surface area contributed by atoms with Crippen LogP contribution in [0.25, 0.3) is 10.9 Å². The van der Waals surface area contributed by atoms with E-state index in [1.807, 2.05) is 23.1 Å². The maximum Gasteiger partial charge on any atom is 0.331 e. The summed E-state index contributed by atoms with van der Waals surface area (Å²) in [7, 11) is 0. The topological polar surface area (TPSA) is 93.4 Å². The molecule has 0 aliphatic carbocycles. The molecule has 0 atom stereocenters. The molecule has 2 amide bonds. The first-order chi connectivity index (χ1) is 18.4. The number of carbonyl (C=O) groups excluding carboxylic acids is 2. The van der Waals surface area contributed by atoms with E-state index in [0.29, 0.717) is 41.1 Å². The molecule has 1 aliphatic rings. The van der Waals surface area contributed by atoms with Crippen molar-refractivity contribution in [3.8, 4) is 0 Å². The van der Waals surface area contributed by atoms with Crippen molar-refractivity contribution >= 4 is 40.0 Å². The maximum atomic E-state index is 13.4. The minimum absolute atomic E-state index is 0.00503. The molecule has 1 N–H and O–H groups in total. The van der Waals surface area contributed by atoms with Crippen molar-refractivity contribution in [1.82, 2.24) is 14.0 Å². The van der Waals surface area contributed by atoms with E-state index in [9.17, 15) is 19.2 Å². The van der Waals surface area contributed by atoms with E-state index in [0.717, 1.165) is 16.6 Å². The van der Waals surface area contributed by atoms with Crippen LogP contribution in [0.4, 0.5) is 5.69 Å². The van der Waals surface area contributed by atoms with Crippen LogP contribution in [0.1, 0.15) is 24.0 Å². The van der Waals surface area contributed by atoms with Gasteiger partial charge in [0.2, 0.25) is 11.8 Å². The molecular weight excluding hydrogens is 504 g/mol. The van der Waals surface area contributed by atoms with Gasteiger partial charge < -0.3 is 10.2 Å². The van der Waals surface area contributed by atoms with Crippen LogP contribution in [0.3, 0.4) is 0 Å². The zero-order valence-corrected chi connectivity index (χ0v) is 21.5. The third kappa shape index (κ3) is 5.40. The van der Waals surface area contributed by atoms with Gasteiger partial charge in [-0.05, 0) is 54.3 Å². The summed E-state index contributed by atoms with van der Waals surface area (Å²) in [5.41, 5.74) is 2.27. The highest BCUT2D eigenvalue weighted by Crippen LogP contribution is 2.19. The average Bonchev–Trinajstić information content (AvgIpc) is 2.92. The number of anilines is 1. The van der Waals surface area contributed by atoms with Crippen LogP contribution in [0.2, 0.25) is 5.02 Å². The molecule has 0 saturated heterocycles. The van der Waals surface area contributed by atoms with Crippen LogP contribution in [0, 0.1) is 0 Å². The first kappa shape index (κ1) is 25.5. The Morgan fingerprint density at radius 3 is 2.47 bits per heavy atom.